The molecule has 3 nitrogen and oxygen atoms in total. The van der Waals surface area contributed by atoms with E-state index >= 15 is 0 Å². The number of allylic oxidation sites excluding steroid dienone is 1. The predicted molar refractivity (Wildman–Crippen MR) is 57.9 cm³/mol. The monoisotopic (exact) mass is 235 g/mol. The molecule has 0 unspecified atom stereocenters. The molecule has 0 heterocycles. The lowest BCUT2D eigenvalue weighted by molar-refractivity contribution is -0.870. The summed E-state index contributed by atoms with van der Waals surface area (Å²) < 4.78 is 5.93. The number of carbonyl (C=O) groups excluding carboxylic acids is 1. The lowest BCUT2D eigenvalue weighted by Crippen LogP contribution is -3.00. The van der Waals surface area contributed by atoms with Gasteiger partial charge in [-0.25, -0.2) is 4.79 Å². The SMILES string of the molecule is CC=CC(=O)OCCCC[N+](C)(C)C.[Cl-]. The Kier molecular flexibility index (Phi) is 9.84. The Morgan fingerprint density at radius 2 is 1.87 bits per heavy atom. The first-order chi connectivity index (χ1) is 6.45. The van der Waals surface area contributed by atoms with Crippen LogP contribution in [0.15, 0.2) is 12.2 Å². The summed E-state index contributed by atoms with van der Waals surface area (Å²) >= 11 is 0. The molecule has 0 rings (SSSR count). The van der Waals surface area contributed by atoms with Gasteiger partial charge in [-0.05, 0) is 19.8 Å². The first-order valence-corrected chi connectivity index (χ1v) is 5.05. The number of esters is 1. The van der Waals surface area contributed by atoms with E-state index in [9.17, 15) is 4.79 Å². The number of quaternary nitrogens is 1. The Balaban J connectivity index is 0. The minimum Gasteiger partial charge on any atom is -1.00 e. The van der Waals surface area contributed by atoms with Crippen molar-refractivity contribution in [1.82, 2.24) is 0 Å². The number of ether oxygens (including phenoxy) is 1. The third-order valence-corrected chi connectivity index (χ3v) is 1.77. The highest BCUT2D eigenvalue weighted by atomic mass is 35.5. The number of hydrogen-bond donors (Lipinski definition) is 0. The van der Waals surface area contributed by atoms with Crippen LogP contribution < -0.4 is 12.4 Å². The van der Waals surface area contributed by atoms with Crippen molar-refractivity contribution in [2.75, 3.05) is 34.3 Å². The fraction of sp³-hybridized carbons (Fsp3) is 0.727. The van der Waals surface area contributed by atoms with Crippen LogP contribution in [0.3, 0.4) is 0 Å². The van der Waals surface area contributed by atoms with Crippen molar-refractivity contribution < 1.29 is 26.4 Å². The van der Waals surface area contributed by atoms with Crippen molar-refractivity contribution in [2.24, 2.45) is 0 Å². The van der Waals surface area contributed by atoms with Gasteiger partial charge in [-0.15, -0.1) is 0 Å². The second kappa shape index (κ2) is 8.74. The van der Waals surface area contributed by atoms with Gasteiger partial charge in [0, 0.05) is 6.08 Å². The van der Waals surface area contributed by atoms with Gasteiger partial charge in [0.15, 0.2) is 0 Å². The highest BCUT2D eigenvalue weighted by Crippen LogP contribution is 1.98. The van der Waals surface area contributed by atoms with Gasteiger partial charge in [0.2, 0.25) is 0 Å². The van der Waals surface area contributed by atoms with Gasteiger partial charge in [0.1, 0.15) is 0 Å². The second-order valence-corrected chi connectivity index (χ2v) is 4.39. The van der Waals surface area contributed by atoms with E-state index in [1.54, 1.807) is 13.0 Å². The van der Waals surface area contributed by atoms with E-state index in [0.717, 1.165) is 23.9 Å². The molecule has 0 aromatic carbocycles. The Bertz CT molecular complexity index is 197. The summed E-state index contributed by atoms with van der Waals surface area (Å²) in [6.07, 6.45) is 5.17. The average molecular weight is 236 g/mol. The van der Waals surface area contributed by atoms with Crippen molar-refractivity contribution in [1.29, 1.82) is 0 Å². The Morgan fingerprint density at radius 1 is 1.27 bits per heavy atom. The maximum absolute atomic E-state index is 10.9. The normalized spacial score (nSPS) is 11.2. The number of carbonyl (C=O) groups is 1. The van der Waals surface area contributed by atoms with Crippen molar-refractivity contribution in [3.8, 4) is 0 Å². The molecule has 90 valence electrons. The molecule has 15 heavy (non-hydrogen) atoms. The minimum atomic E-state index is -0.238. The Hall–Kier alpha value is -0.540. The van der Waals surface area contributed by atoms with Crippen LogP contribution in [0.1, 0.15) is 19.8 Å². The van der Waals surface area contributed by atoms with Crippen molar-refractivity contribution in [2.45, 2.75) is 19.8 Å². The van der Waals surface area contributed by atoms with Crippen LogP contribution in [0.4, 0.5) is 0 Å². The smallest absolute Gasteiger partial charge is 0.330 e. The van der Waals surface area contributed by atoms with Gasteiger partial charge in [-0.2, -0.15) is 0 Å². The standard InChI is InChI=1S/C11H22NO2.ClH/c1-5-8-11(13)14-10-7-6-9-12(2,3)4;/h5,8H,6-7,9-10H2,1-4H3;1H/q+1;/p-1. The topological polar surface area (TPSA) is 26.3 Å². The maximum atomic E-state index is 10.9. The average Bonchev–Trinajstić information content (AvgIpc) is 2.02. The quantitative estimate of drug-likeness (QED) is 0.245. The second-order valence-electron chi connectivity index (χ2n) is 4.39. The fourth-order valence-electron chi connectivity index (χ4n) is 1.05. The molecule has 0 saturated heterocycles. The molecule has 0 aromatic heterocycles. The molecule has 0 N–H and O–H groups in total. The molecule has 0 amide bonds. The lowest BCUT2D eigenvalue weighted by atomic mass is 10.3. The fourth-order valence-corrected chi connectivity index (χ4v) is 1.05. The molecule has 0 bridgehead atoms. The van der Waals surface area contributed by atoms with E-state index in [4.69, 9.17) is 4.74 Å². The van der Waals surface area contributed by atoms with Gasteiger partial charge in [-0.1, -0.05) is 6.08 Å². The van der Waals surface area contributed by atoms with Crippen LogP contribution in [0, 0.1) is 0 Å². The molecule has 0 atom stereocenters. The number of halogens is 1. The van der Waals surface area contributed by atoms with Crippen LogP contribution >= 0.6 is 0 Å². The number of hydrogen-bond acceptors (Lipinski definition) is 2. The molecule has 0 aliphatic rings. The van der Waals surface area contributed by atoms with E-state index < -0.39 is 0 Å². The molecule has 4 heteroatoms. The molecule has 0 saturated carbocycles. The summed E-state index contributed by atoms with van der Waals surface area (Å²) in [5.74, 6) is -0.238. The Morgan fingerprint density at radius 3 is 2.33 bits per heavy atom. The van der Waals surface area contributed by atoms with E-state index in [1.165, 1.54) is 6.08 Å². The van der Waals surface area contributed by atoms with E-state index in [2.05, 4.69) is 21.1 Å². The summed E-state index contributed by atoms with van der Waals surface area (Å²) in [6, 6.07) is 0. The van der Waals surface area contributed by atoms with E-state index in [1.807, 2.05) is 0 Å². The molecule has 0 aliphatic carbocycles. The first-order valence-electron chi connectivity index (χ1n) is 5.05. The first kappa shape index (κ1) is 16.9. The van der Waals surface area contributed by atoms with Crippen LogP contribution in [0.25, 0.3) is 0 Å². The van der Waals surface area contributed by atoms with Crippen molar-refractivity contribution in [3.05, 3.63) is 12.2 Å². The zero-order valence-corrected chi connectivity index (χ0v) is 10.9. The molecular formula is C11H22ClNO2. The summed E-state index contributed by atoms with van der Waals surface area (Å²) in [5.41, 5.74) is 0. The summed E-state index contributed by atoms with van der Waals surface area (Å²) in [6.45, 7) is 3.45. The largest absolute Gasteiger partial charge is 1.00 e. The van der Waals surface area contributed by atoms with E-state index in [0.29, 0.717) is 6.61 Å². The summed E-state index contributed by atoms with van der Waals surface area (Å²) in [4.78, 5) is 10.9. The van der Waals surface area contributed by atoms with Crippen LogP contribution in [-0.2, 0) is 9.53 Å². The summed E-state index contributed by atoms with van der Waals surface area (Å²) in [5, 5.41) is 0. The zero-order chi connectivity index (χ0) is 11.0. The van der Waals surface area contributed by atoms with Gasteiger partial charge >= 0.3 is 5.97 Å². The number of rotatable bonds is 6. The highest BCUT2D eigenvalue weighted by molar-refractivity contribution is 5.81. The minimum absolute atomic E-state index is 0. The zero-order valence-electron chi connectivity index (χ0n) is 10.1. The highest BCUT2D eigenvalue weighted by Gasteiger charge is 2.05. The van der Waals surface area contributed by atoms with Crippen LogP contribution in [-0.4, -0.2) is 44.7 Å². The summed E-state index contributed by atoms with van der Waals surface area (Å²) in [7, 11) is 6.48. The van der Waals surface area contributed by atoms with Crippen molar-refractivity contribution >= 4 is 5.97 Å². The number of nitrogens with zero attached hydrogens (tertiary/aromatic N) is 1. The van der Waals surface area contributed by atoms with Crippen LogP contribution in [0.2, 0.25) is 0 Å². The molecule has 0 fully saturated rings. The van der Waals surface area contributed by atoms with Gasteiger partial charge < -0.3 is 21.6 Å². The molecular weight excluding hydrogens is 214 g/mol. The molecule has 0 aliphatic heterocycles. The molecule has 0 spiro atoms. The maximum Gasteiger partial charge on any atom is 0.330 e. The van der Waals surface area contributed by atoms with E-state index in [-0.39, 0.29) is 18.4 Å². The third kappa shape index (κ3) is 13.5. The van der Waals surface area contributed by atoms with Gasteiger partial charge in [0.25, 0.3) is 0 Å². The van der Waals surface area contributed by atoms with Gasteiger partial charge in [0.05, 0.1) is 34.3 Å². The van der Waals surface area contributed by atoms with Gasteiger partial charge in [-0.3, -0.25) is 0 Å². The van der Waals surface area contributed by atoms with Crippen LogP contribution in [0.5, 0.6) is 0 Å². The predicted octanol–water partition coefficient (Wildman–Crippen LogP) is -1.40. The van der Waals surface area contributed by atoms with Crippen molar-refractivity contribution in [3.63, 3.8) is 0 Å². The Labute approximate surface area is 99.1 Å². The lowest BCUT2D eigenvalue weighted by Gasteiger charge is -2.23. The third-order valence-electron chi connectivity index (χ3n) is 1.77. The molecule has 0 radical (unpaired) electrons. The number of unbranched alkanes of at least 4 members (excludes halogenated alkanes) is 1. The molecule has 0 aromatic rings.